The molecule has 3 heteroatoms. The van der Waals surface area contributed by atoms with Gasteiger partial charge >= 0.3 is 0 Å². The van der Waals surface area contributed by atoms with Gasteiger partial charge in [0.25, 0.3) is 0 Å². The van der Waals surface area contributed by atoms with Crippen molar-refractivity contribution in [3.05, 3.63) is 29.3 Å². The molecule has 0 fully saturated rings. The molecule has 0 aliphatic heterocycles. The fourth-order valence-electron chi connectivity index (χ4n) is 1.98. The minimum absolute atomic E-state index is 0.0277. The molecule has 0 aromatic heterocycles. The molecule has 1 unspecified atom stereocenters. The highest BCUT2D eigenvalue weighted by atomic mass is 16.1. The van der Waals surface area contributed by atoms with Crippen molar-refractivity contribution >= 4 is 11.6 Å². The second-order valence-electron chi connectivity index (χ2n) is 5.37. The molecule has 100 valence electrons. The van der Waals surface area contributed by atoms with Gasteiger partial charge < -0.3 is 11.1 Å². The van der Waals surface area contributed by atoms with Gasteiger partial charge in [0, 0.05) is 12.2 Å². The summed E-state index contributed by atoms with van der Waals surface area (Å²) in [5.74, 6) is 0.396. The Balaban J connectivity index is 2.76. The van der Waals surface area contributed by atoms with Crippen LogP contribution >= 0.6 is 0 Å². The highest BCUT2D eigenvalue weighted by Gasteiger charge is 2.18. The molecule has 0 spiro atoms. The Hall–Kier alpha value is -1.35. The smallest absolute Gasteiger partial charge is 0.228 e. The molecule has 1 aromatic carbocycles. The number of nitrogens with one attached hydrogen (secondary N) is 1. The van der Waals surface area contributed by atoms with Crippen LogP contribution in [0.5, 0.6) is 0 Å². The van der Waals surface area contributed by atoms with Crippen LogP contribution in [-0.4, -0.2) is 12.5 Å². The molecule has 0 saturated heterocycles. The number of carbonyl (C=O) groups excluding carboxylic acids is 1. The first kappa shape index (κ1) is 14.7. The van der Waals surface area contributed by atoms with Gasteiger partial charge in [-0.05, 0) is 43.4 Å². The quantitative estimate of drug-likeness (QED) is 0.842. The summed E-state index contributed by atoms with van der Waals surface area (Å²) in [7, 11) is 0. The maximum atomic E-state index is 12.2. The van der Waals surface area contributed by atoms with Crippen LogP contribution in [0.15, 0.2) is 18.2 Å². The van der Waals surface area contributed by atoms with E-state index in [2.05, 4.69) is 19.2 Å². The summed E-state index contributed by atoms with van der Waals surface area (Å²) in [4.78, 5) is 12.2. The largest absolute Gasteiger partial charge is 0.330 e. The van der Waals surface area contributed by atoms with Gasteiger partial charge in [-0.3, -0.25) is 4.79 Å². The molecule has 0 aliphatic carbocycles. The number of amides is 1. The molecule has 3 N–H and O–H groups in total. The topological polar surface area (TPSA) is 55.1 Å². The summed E-state index contributed by atoms with van der Waals surface area (Å²) in [5, 5.41) is 2.99. The van der Waals surface area contributed by atoms with Crippen molar-refractivity contribution in [1.82, 2.24) is 0 Å². The minimum Gasteiger partial charge on any atom is -0.330 e. The van der Waals surface area contributed by atoms with Crippen molar-refractivity contribution < 1.29 is 4.79 Å². The second kappa shape index (κ2) is 6.55. The Morgan fingerprint density at radius 2 is 2.00 bits per heavy atom. The SMILES string of the molecule is Cc1ccc(C)c(NC(=O)C(CN)CC(C)C)c1. The number of hydrogen-bond donors (Lipinski definition) is 2. The lowest BCUT2D eigenvalue weighted by molar-refractivity contribution is -0.120. The van der Waals surface area contributed by atoms with Crippen LogP contribution in [0.25, 0.3) is 0 Å². The van der Waals surface area contributed by atoms with Gasteiger partial charge in [-0.2, -0.15) is 0 Å². The first-order valence-electron chi connectivity index (χ1n) is 6.52. The average Bonchev–Trinajstić information content (AvgIpc) is 2.30. The Bertz CT molecular complexity index is 413. The summed E-state index contributed by atoms with van der Waals surface area (Å²) in [5.41, 5.74) is 8.79. The van der Waals surface area contributed by atoms with E-state index in [0.717, 1.165) is 23.2 Å². The van der Waals surface area contributed by atoms with Crippen molar-refractivity contribution in [3.8, 4) is 0 Å². The standard InChI is InChI=1S/C15H24N2O/c1-10(2)7-13(9-16)15(18)17-14-8-11(3)5-6-12(14)4/h5-6,8,10,13H,7,9,16H2,1-4H3,(H,17,18). The van der Waals surface area contributed by atoms with Crippen LogP contribution in [0.4, 0.5) is 5.69 Å². The van der Waals surface area contributed by atoms with Crippen molar-refractivity contribution in [3.63, 3.8) is 0 Å². The minimum atomic E-state index is -0.107. The maximum absolute atomic E-state index is 12.2. The average molecular weight is 248 g/mol. The predicted molar refractivity (Wildman–Crippen MR) is 76.5 cm³/mol. The molecule has 3 nitrogen and oxygen atoms in total. The van der Waals surface area contributed by atoms with Crippen LogP contribution < -0.4 is 11.1 Å². The molecule has 0 heterocycles. The van der Waals surface area contributed by atoms with Gasteiger partial charge in [-0.25, -0.2) is 0 Å². The van der Waals surface area contributed by atoms with Crippen LogP contribution in [-0.2, 0) is 4.79 Å². The van der Waals surface area contributed by atoms with E-state index in [9.17, 15) is 4.79 Å². The molecule has 1 atom stereocenters. The van der Waals surface area contributed by atoms with Gasteiger partial charge in [-0.15, -0.1) is 0 Å². The van der Waals surface area contributed by atoms with Crippen molar-refractivity contribution in [2.45, 2.75) is 34.1 Å². The van der Waals surface area contributed by atoms with E-state index in [4.69, 9.17) is 5.73 Å². The normalized spacial score (nSPS) is 12.6. The molecule has 0 saturated carbocycles. The summed E-state index contributed by atoms with van der Waals surface area (Å²) in [6, 6.07) is 6.06. The van der Waals surface area contributed by atoms with Crippen molar-refractivity contribution in [2.24, 2.45) is 17.6 Å². The van der Waals surface area contributed by atoms with Gasteiger partial charge in [0.15, 0.2) is 0 Å². The lowest BCUT2D eigenvalue weighted by Crippen LogP contribution is -2.30. The Morgan fingerprint density at radius 1 is 1.33 bits per heavy atom. The Labute approximate surface area is 110 Å². The zero-order valence-electron chi connectivity index (χ0n) is 11.8. The number of aryl methyl sites for hydroxylation is 2. The molecular formula is C15H24N2O. The van der Waals surface area contributed by atoms with Gasteiger partial charge in [-0.1, -0.05) is 26.0 Å². The number of anilines is 1. The summed E-state index contributed by atoms with van der Waals surface area (Å²) >= 11 is 0. The third kappa shape index (κ3) is 4.15. The Morgan fingerprint density at radius 3 is 2.56 bits per heavy atom. The number of hydrogen-bond acceptors (Lipinski definition) is 2. The fourth-order valence-corrected chi connectivity index (χ4v) is 1.98. The maximum Gasteiger partial charge on any atom is 0.228 e. The molecular weight excluding hydrogens is 224 g/mol. The molecule has 0 bridgehead atoms. The molecule has 0 aliphatic rings. The van der Waals surface area contributed by atoms with Gasteiger partial charge in [0.2, 0.25) is 5.91 Å². The third-order valence-corrected chi connectivity index (χ3v) is 3.06. The monoisotopic (exact) mass is 248 g/mol. The number of benzene rings is 1. The highest BCUT2D eigenvalue weighted by molar-refractivity contribution is 5.93. The van der Waals surface area contributed by atoms with Crippen LogP contribution in [0, 0.1) is 25.7 Å². The molecule has 1 rings (SSSR count). The molecule has 0 radical (unpaired) electrons. The number of carbonyl (C=O) groups is 1. The van der Waals surface area contributed by atoms with E-state index in [0.29, 0.717) is 12.5 Å². The third-order valence-electron chi connectivity index (χ3n) is 3.06. The second-order valence-corrected chi connectivity index (χ2v) is 5.37. The van der Waals surface area contributed by atoms with E-state index in [1.54, 1.807) is 0 Å². The van der Waals surface area contributed by atoms with Crippen LogP contribution in [0.2, 0.25) is 0 Å². The molecule has 1 aromatic rings. The first-order chi connectivity index (χ1) is 8.43. The van der Waals surface area contributed by atoms with Gasteiger partial charge in [0.05, 0.1) is 5.92 Å². The summed E-state index contributed by atoms with van der Waals surface area (Å²) in [6.45, 7) is 8.62. The highest BCUT2D eigenvalue weighted by Crippen LogP contribution is 2.19. The first-order valence-corrected chi connectivity index (χ1v) is 6.52. The van der Waals surface area contributed by atoms with Crippen molar-refractivity contribution in [2.75, 3.05) is 11.9 Å². The number of rotatable bonds is 5. The fraction of sp³-hybridized carbons (Fsp3) is 0.533. The van der Waals surface area contributed by atoms with Gasteiger partial charge in [0.1, 0.15) is 0 Å². The van der Waals surface area contributed by atoms with E-state index >= 15 is 0 Å². The van der Waals surface area contributed by atoms with Crippen LogP contribution in [0.1, 0.15) is 31.4 Å². The van der Waals surface area contributed by atoms with E-state index in [1.807, 2.05) is 32.0 Å². The summed E-state index contributed by atoms with van der Waals surface area (Å²) < 4.78 is 0. The summed E-state index contributed by atoms with van der Waals surface area (Å²) in [6.07, 6.45) is 0.827. The Kier molecular flexibility index (Phi) is 5.35. The zero-order chi connectivity index (χ0) is 13.7. The van der Waals surface area contributed by atoms with E-state index < -0.39 is 0 Å². The lowest BCUT2D eigenvalue weighted by atomic mass is 9.96. The molecule has 1 amide bonds. The lowest BCUT2D eigenvalue weighted by Gasteiger charge is -2.18. The molecule has 18 heavy (non-hydrogen) atoms. The number of nitrogens with two attached hydrogens (primary N) is 1. The van der Waals surface area contributed by atoms with Crippen LogP contribution in [0.3, 0.4) is 0 Å². The van der Waals surface area contributed by atoms with E-state index in [1.165, 1.54) is 0 Å². The van der Waals surface area contributed by atoms with E-state index in [-0.39, 0.29) is 11.8 Å². The van der Waals surface area contributed by atoms with Crippen molar-refractivity contribution in [1.29, 1.82) is 0 Å². The zero-order valence-corrected chi connectivity index (χ0v) is 11.8. The predicted octanol–water partition coefficient (Wildman–Crippen LogP) is 2.86.